The normalized spacial score (nSPS) is 31.6. The number of nitrogens with two attached hydrogens (primary N) is 1. The molecule has 3 fully saturated rings. The molecule has 4 heteroatoms. The molecule has 3 aliphatic rings. The van der Waals surface area contributed by atoms with Crippen LogP contribution < -0.4 is 5.73 Å². The van der Waals surface area contributed by atoms with E-state index in [9.17, 15) is 4.79 Å². The molecule has 1 saturated carbocycles. The van der Waals surface area contributed by atoms with Crippen molar-refractivity contribution in [3.63, 3.8) is 0 Å². The lowest BCUT2D eigenvalue weighted by Gasteiger charge is -2.25. The number of carbonyl (C=O) groups is 1. The molecule has 0 aromatic carbocycles. The van der Waals surface area contributed by atoms with Crippen LogP contribution in [0.4, 0.5) is 0 Å². The fourth-order valence-electron chi connectivity index (χ4n) is 3.51. The van der Waals surface area contributed by atoms with Crippen molar-refractivity contribution in [3.05, 3.63) is 11.3 Å². The van der Waals surface area contributed by atoms with Crippen LogP contribution in [0.1, 0.15) is 44.9 Å². The van der Waals surface area contributed by atoms with Gasteiger partial charge < -0.3 is 15.4 Å². The number of carbonyl (C=O) groups excluding carboxylic acids is 1. The molecule has 3 rings (SSSR count). The number of allylic oxidation sites excluding steroid dienone is 1. The predicted octanol–water partition coefficient (Wildman–Crippen LogP) is 1.55. The van der Waals surface area contributed by atoms with Crippen molar-refractivity contribution in [1.29, 1.82) is 0 Å². The number of nitrogens with zero attached hydrogens (tertiary/aromatic N) is 1. The Labute approximate surface area is 108 Å². The topological polar surface area (TPSA) is 55.6 Å². The number of fused-ring (bicyclic) bond motifs is 1. The van der Waals surface area contributed by atoms with E-state index in [1.54, 1.807) is 0 Å². The maximum absolute atomic E-state index is 12.5. The van der Waals surface area contributed by atoms with Crippen LogP contribution in [0, 0.1) is 0 Å². The number of amides is 1. The summed E-state index contributed by atoms with van der Waals surface area (Å²) in [5.74, 6) is 0.0601. The average Bonchev–Trinajstić information content (AvgIpc) is 3.00. The van der Waals surface area contributed by atoms with Crippen molar-refractivity contribution in [3.8, 4) is 0 Å². The van der Waals surface area contributed by atoms with E-state index >= 15 is 0 Å². The first-order valence-corrected chi connectivity index (χ1v) is 7.17. The van der Waals surface area contributed by atoms with Gasteiger partial charge in [-0.05, 0) is 44.1 Å². The van der Waals surface area contributed by atoms with Crippen molar-refractivity contribution < 1.29 is 9.53 Å². The standard InChI is InChI=1S/C14H22N2O2/c15-13(10-4-2-1-3-5-10)14(17)16-8-6-12-11(16)7-9-18-12/h11-12H,1-9,15H2/t11-,12-/m1/s1. The summed E-state index contributed by atoms with van der Waals surface area (Å²) < 4.78 is 5.63. The number of hydrogen-bond donors (Lipinski definition) is 1. The monoisotopic (exact) mass is 250 g/mol. The molecule has 2 aliphatic heterocycles. The summed E-state index contributed by atoms with van der Waals surface area (Å²) in [5.41, 5.74) is 7.82. The highest BCUT2D eigenvalue weighted by Gasteiger charge is 2.41. The maximum atomic E-state index is 12.5. The largest absolute Gasteiger partial charge is 0.394 e. The first-order valence-electron chi connectivity index (χ1n) is 7.17. The van der Waals surface area contributed by atoms with Crippen LogP contribution in [0.2, 0.25) is 0 Å². The minimum Gasteiger partial charge on any atom is -0.394 e. The zero-order valence-corrected chi connectivity index (χ0v) is 10.9. The van der Waals surface area contributed by atoms with E-state index < -0.39 is 0 Å². The summed E-state index contributed by atoms with van der Waals surface area (Å²) in [6.45, 7) is 1.59. The highest BCUT2D eigenvalue weighted by atomic mass is 16.5. The van der Waals surface area contributed by atoms with Crippen molar-refractivity contribution in [2.75, 3.05) is 13.2 Å². The average molecular weight is 250 g/mol. The lowest BCUT2D eigenvalue weighted by Crippen LogP contribution is -2.40. The molecule has 0 unspecified atom stereocenters. The Morgan fingerprint density at radius 2 is 2.00 bits per heavy atom. The van der Waals surface area contributed by atoms with Gasteiger partial charge in [-0.2, -0.15) is 0 Å². The van der Waals surface area contributed by atoms with Crippen LogP contribution in [0.3, 0.4) is 0 Å². The number of likely N-dealkylation sites (tertiary alicyclic amines) is 1. The van der Waals surface area contributed by atoms with Crippen LogP contribution in [-0.4, -0.2) is 36.1 Å². The van der Waals surface area contributed by atoms with Gasteiger partial charge in [0.05, 0.1) is 17.8 Å². The van der Waals surface area contributed by atoms with E-state index in [4.69, 9.17) is 10.5 Å². The number of rotatable bonds is 1. The summed E-state index contributed by atoms with van der Waals surface area (Å²) in [6.07, 6.45) is 7.85. The summed E-state index contributed by atoms with van der Waals surface area (Å²) >= 11 is 0. The molecule has 2 N–H and O–H groups in total. The Bertz CT molecular complexity index is 370. The quantitative estimate of drug-likeness (QED) is 0.718. The second kappa shape index (κ2) is 4.92. The SMILES string of the molecule is NC(C(=O)N1CC[C@H]2OCC[C@H]21)=C1CCCCC1. The van der Waals surface area contributed by atoms with Gasteiger partial charge in [-0.1, -0.05) is 6.42 Å². The van der Waals surface area contributed by atoms with Gasteiger partial charge >= 0.3 is 0 Å². The van der Waals surface area contributed by atoms with Gasteiger partial charge in [-0.15, -0.1) is 0 Å². The highest BCUT2D eigenvalue weighted by Crippen LogP contribution is 2.31. The van der Waals surface area contributed by atoms with E-state index in [1.807, 2.05) is 4.90 Å². The Balaban J connectivity index is 1.74. The third kappa shape index (κ3) is 2.03. The third-order valence-electron chi connectivity index (χ3n) is 4.56. The van der Waals surface area contributed by atoms with E-state index in [2.05, 4.69) is 0 Å². The first-order chi connectivity index (χ1) is 8.77. The second-order valence-electron chi connectivity index (χ2n) is 5.63. The van der Waals surface area contributed by atoms with Gasteiger partial charge in [0, 0.05) is 13.2 Å². The smallest absolute Gasteiger partial charge is 0.270 e. The zero-order chi connectivity index (χ0) is 12.5. The summed E-state index contributed by atoms with van der Waals surface area (Å²) in [5, 5.41) is 0. The molecule has 18 heavy (non-hydrogen) atoms. The molecule has 0 radical (unpaired) electrons. The minimum absolute atomic E-state index is 0.0601. The zero-order valence-electron chi connectivity index (χ0n) is 10.9. The maximum Gasteiger partial charge on any atom is 0.270 e. The van der Waals surface area contributed by atoms with E-state index in [-0.39, 0.29) is 18.1 Å². The first kappa shape index (κ1) is 12.0. The van der Waals surface area contributed by atoms with E-state index in [0.717, 1.165) is 38.8 Å². The minimum atomic E-state index is 0.0601. The summed E-state index contributed by atoms with van der Waals surface area (Å²) in [7, 11) is 0. The van der Waals surface area contributed by atoms with E-state index in [0.29, 0.717) is 5.70 Å². The van der Waals surface area contributed by atoms with Crippen LogP contribution >= 0.6 is 0 Å². The molecule has 0 bridgehead atoms. The molecule has 2 atom stereocenters. The van der Waals surface area contributed by atoms with Crippen LogP contribution in [0.5, 0.6) is 0 Å². The molecule has 2 heterocycles. The molecule has 1 amide bonds. The highest BCUT2D eigenvalue weighted by molar-refractivity contribution is 5.93. The fourth-order valence-corrected chi connectivity index (χ4v) is 3.51. The van der Waals surface area contributed by atoms with Gasteiger partial charge in [-0.3, -0.25) is 4.79 Å². The van der Waals surface area contributed by atoms with Gasteiger partial charge in [-0.25, -0.2) is 0 Å². The molecule has 0 aromatic rings. The van der Waals surface area contributed by atoms with Gasteiger partial charge in [0.2, 0.25) is 0 Å². The van der Waals surface area contributed by atoms with Crippen LogP contribution in [0.25, 0.3) is 0 Å². The molecule has 0 aromatic heterocycles. The molecule has 2 saturated heterocycles. The lowest BCUT2D eigenvalue weighted by atomic mass is 9.93. The van der Waals surface area contributed by atoms with Crippen LogP contribution in [-0.2, 0) is 9.53 Å². The number of ether oxygens (including phenoxy) is 1. The summed E-state index contributed by atoms with van der Waals surface area (Å²) in [6, 6.07) is 0.278. The fraction of sp³-hybridized carbons (Fsp3) is 0.786. The van der Waals surface area contributed by atoms with Gasteiger partial charge in [0.1, 0.15) is 0 Å². The Morgan fingerprint density at radius 3 is 2.78 bits per heavy atom. The molecular formula is C14H22N2O2. The van der Waals surface area contributed by atoms with Crippen molar-refractivity contribution in [2.45, 2.75) is 57.1 Å². The van der Waals surface area contributed by atoms with Crippen molar-refractivity contribution in [2.24, 2.45) is 5.73 Å². The van der Waals surface area contributed by atoms with Gasteiger partial charge in [0.25, 0.3) is 5.91 Å². The van der Waals surface area contributed by atoms with Crippen molar-refractivity contribution in [1.82, 2.24) is 4.90 Å². The van der Waals surface area contributed by atoms with Crippen molar-refractivity contribution >= 4 is 5.91 Å². The van der Waals surface area contributed by atoms with Crippen LogP contribution in [0.15, 0.2) is 11.3 Å². The molecule has 100 valence electrons. The van der Waals surface area contributed by atoms with Gasteiger partial charge in [0.15, 0.2) is 0 Å². The Hall–Kier alpha value is -1.03. The lowest BCUT2D eigenvalue weighted by molar-refractivity contribution is -0.128. The predicted molar refractivity (Wildman–Crippen MR) is 68.8 cm³/mol. The molecule has 4 nitrogen and oxygen atoms in total. The molecular weight excluding hydrogens is 228 g/mol. The molecule has 0 spiro atoms. The second-order valence-corrected chi connectivity index (χ2v) is 5.63. The summed E-state index contributed by atoms with van der Waals surface area (Å²) in [4.78, 5) is 14.4. The molecule has 1 aliphatic carbocycles. The van der Waals surface area contributed by atoms with E-state index in [1.165, 1.54) is 24.8 Å². The Morgan fingerprint density at radius 1 is 1.22 bits per heavy atom. The Kier molecular flexibility index (Phi) is 3.29. The third-order valence-corrected chi connectivity index (χ3v) is 4.56. The number of hydrogen-bond acceptors (Lipinski definition) is 3.